The van der Waals surface area contributed by atoms with Crippen LogP contribution in [0.5, 0.6) is 0 Å². The van der Waals surface area contributed by atoms with Crippen molar-refractivity contribution >= 4 is 10.0 Å². The van der Waals surface area contributed by atoms with Gasteiger partial charge in [-0.2, -0.15) is 4.31 Å². The van der Waals surface area contributed by atoms with Crippen LogP contribution in [-0.2, 0) is 10.0 Å². The molecular formula is C11H18N2O2S. The zero-order valence-corrected chi connectivity index (χ0v) is 10.4. The molecule has 90 valence electrons. The normalized spacial score (nSPS) is 14.0. The molecule has 0 saturated heterocycles. The molecule has 0 aliphatic rings. The van der Waals surface area contributed by atoms with E-state index in [-0.39, 0.29) is 6.04 Å². The van der Waals surface area contributed by atoms with Gasteiger partial charge in [-0.3, -0.25) is 0 Å². The first-order chi connectivity index (χ1) is 7.50. The highest BCUT2D eigenvalue weighted by atomic mass is 32.2. The fourth-order valence-electron chi connectivity index (χ4n) is 1.42. The summed E-state index contributed by atoms with van der Waals surface area (Å²) in [5.41, 5.74) is 5.43. The molecule has 16 heavy (non-hydrogen) atoms. The van der Waals surface area contributed by atoms with Gasteiger partial charge in [0.1, 0.15) is 0 Å². The lowest BCUT2D eigenvalue weighted by atomic mass is 10.2. The largest absolute Gasteiger partial charge is 0.330 e. The van der Waals surface area contributed by atoms with Crippen LogP contribution >= 0.6 is 0 Å². The highest BCUT2D eigenvalue weighted by Gasteiger charge is 2.24. The van der Waals surface area contributed by atoms with Crippen LogP contribution in [0.4, 0.5) is 0 Å². The van der Waals surface area contributed by atoms with Gasteiger partial charge in [0.15, 0.2) is 0 Å². The van der Waals surface area contributed by atoms with Gasteiger partial charge in [0, 0.05) is 13.1 Å². The van der Waals surface area contributed by atoms with Crippen molar-refractivity contribution in [2.45, 2.75) is 24.3 Å². The first-order valence-electron chi connectivity index (χ1n) is 5.23. The van der Waals surface area contributed by atoms with Crippen LogP contribution in [0.3, 0.4) is 0 Å². The first kappa shape index (κ1) is 13.2. The van der Waals surface area contributed by atoms with Crippen LogP contribution in [-0.4, -0.2) is 32.4 Å². The summed E-state index contributed by atoms with van der Waals surface area (Å²) in [5, 5.41) is 0. The minimum absolute atomic E-state index is 0.0878. The SMILES string of the molecule is CC(CCN)N(C)S(=O)(=O)c1ccccc1. The fraction of sp³-hybridized carbons (Fsp3) is 0.455. The van der Waals surface area contributed by atoms with Gasteiger partial charge in [-0.25, -0.2) is 8.42 Å². The Balaban J connectivity index is 2.95. The van der Waals surface area contributed by atoms with Crippen molar-refractivity contribution in [3.8, 4) is 0 Å². The molecule has 0 heterocycles. The molecule has 1 unspecified atom stereocenters. The summed E-state index contributed by atoms with van der Waals surface area (Å²) in [6.45, 7) is 2.34. The van der Waals surface area contributed by atoms with Crippen molar-refractivity contribution < 1.29 is 8.42 Å². The van der Waals surface area contributed by atoms with Crippen LogP contribution in [0.2, 0.25) is 0 Å². The van der Waals surface area contributed by atoms with E-state index < -0.39 is 10.0 Å². The summed E-state index contributed by atoms with van der Waals surface area (Å²) < 4.78 is 25.6. The van der Waals surface area contributed by atoms with E-state index in [4.69, 9.17) is 5.73 Å². The monoisotopic (exact) mass is 242 g/mol. The molecule has 1 aromatic carbocycles. The zero-order chi connectivity index (χ0) is 12.2. The van der Waals surface area contributed by atoms with E-state index in [0.717, 1.165) is 0 Å². The molecular weight excluding hydrogens is 224 g/mol. The summed E-state index contributed by atoms with van der Waals surface area (Å²) in [5.74, 6) is 0. The van der Waals surface area contributed by atoms with Gasteiger partial charge in [-0.15, -0.1) is 0 Å². The molecule has 1 atom stereocenters. The number of hydrogen-bond acceptors (Lipinski definition) is 3. The summed E-state index contributed by atoms with van der Waals surface area (Å²) in [4.78, 5) is 0.321. The Morgan fingerprint density at radius 3 is 2.38 bits per heavy atom. The van der Waals surface area contributed by atoms with Crippen LogP contribution in [0.15, 0.2) is 35.2 Å². The zero-order valence-electron chi connectivity index (χ0n) is 9.63. The van der Waals surface area contributed by atoms with E-state index in [1.807, 2.05) is 6.92 Å². The highest BCUT2D eigenvalue weighted by molar-refractivity contribution is 7.89. The highest BCUT2D eigenvalue weighted by Crippen LogP contribution is 2.16. The minimum atomic E-state index is -3.38. The molecule has 4 nitrogen and oxygen atoms in total. The molecule has 1 rings (SSSR count). The van der Waals surface area contributed by atoms with E-state index >= 15 is 0 Å². The number of sulfonamides is 1. The second kappa shape index (κ2) is 5.43. The van der Waals surface area contributed by atoms with Gasteiger partial charge in [-0.1, -0.05) is 18.2 Å². The molecule has 5 heteroatoms. The average molecular weight is 242 g/mol. The van der Waals surface area contributed by atoms with Gasteiger partial charge in [0.05, 0.1) is 4.90 Å². The quantitative estimate of drug-likeness (QED) is 0.839. The number of rotatable bonds is 5. The predicted molar refractivity (Wildman–Crippen MR) is 64.5 cm³/mol. The Bertz CT molecular complexity index is 417. The molecule has 0 radical (unpaired) electrons. The maximum absolute atomic E-state index is 12.1. The molecule has 0 aliphatic heterocycles. The molecule has 2 N–H and O–H groups in total. The van der Waals surface area contributed by atoms with E-state index in [2.05, 4.69) is 0 Å². The molecule has 0 saturated carbocycles. The van der Waals surface area contributed by atoms with Gasteiger partial charge in [0.2, 0.25) is 10.0 Å². The molecule has 1 aromatic rings. The van der Waals surface area contributed by atoms with E-state index in [9.17, 15) is 8.42 Å². The smallest absolute Gasteiger partial charge is 0.243 e. The summed E-state index contributed by atoms with van der Waals surface area (Å²) >= 11 is 0. The standard InChI is InChI=1S/C11H18N2O2S/c1-10(8-9-12)13(2)16(14,15)11-6-4-3-5-7-11/h3-7,10H,8-9,12H2,1-2H3. The average Bonchev–Trinajstić information content (AvgIpc) is 2.29. The Kier molecular flexibility index (Phi) is 4.46. The van der Waals surface area contributed by atoms with Crippen LogP contribution in [0.1, 0.15) is 13.3 Å². The van der Waals surface area contributed by atoms with E-state index in [0.29, 0.717) is 17.9 Å². The molecule has 0 aromatic heterocycles. The predicted octanol–water partition coefficient (Wildman–Crippen LogP) is 1.04. The second-order valence-corrected chi connectivity index (χ2v) is 5.76. The Hall–Kier alpha value is -0.910. The molecule has 0 spiro atoms. The van der Waals surface area contributed by atoms with Gasteiger partial charge < -0.3 is 5.73 Å². The van der Waals surface area contributed by atoms with Crippen molar-refractivity contribution in [3.63, 3.8) is 0 Å². The third kappa shape index (κ3) is 2.81. The molecule has 0 amide bonds. The third-order valence-corrected chi connectivity index (χ3v) is 4.61. The maximum atomic E-state index is 12.1. The van der Waals surface area contributed by atoms with Gasteiger partial charge in [0.25, 0.3) is 0 Å². The van der Waals surface area contributed by atoms with Crippen molar-refractivity contribution in [3.05, 3.63) is 30.3 Å². The second-order valence-electron chi connectivity index (χ2n) is 3.76. The van der Waals surface area contributed by atoms with Crippen LogP contribution in [0, 0.1) is 0 Å². The number of benzene rings is 1. The summed E-state index contributed by atoms with van der Waals surface area (Å²) in [6.07, 6.45) is 0.655. The first-order valence-corrected chi connectivity index (χ1v) is 6.67. The summed E-state index contributed by atoms with van der Waals surface area (Å²) in [7, 11) is -1.80. The fourth-order valence-corrected chi connectivity index (χ4v) is 2.83. The molecule has 0 aliphatic carbocycles. The molecule has 0 bridgehead atoms. The lowest BCUT2D eigenvalue weighted by Crippen LogP contribution is -2.36. The van der Waals surface area contributed by atoms with Crippen LogP contribution < -0.4 is 5.73 Å². The van der Waals surface area contributed by atoms with Crippen molar-refractivity contribution in [1.82, 2.24) is 4.31 Å². The van der Waals surface area contributed by atoms with Gasteiger partial charge in [-0.05, 0) is 32.0 Å². The van der Waals surface area contributed by atoms with Crippen molar-refractivity contribution in [1.29, 1.82) is 0 Å². The van der Waals surface area contributed by atoms with E-state index in [1.54, 1.807) is 37.4 Å². The van der Waals surface area contributed by atoms with Crippen molar-refractivity contribution in [2.24, 2.45) is 5.73 Å². The molecule has 0 fully saturated rings. The number of nitrogens with zero attached hydrogens (tertiary/aromatic N) is 1. The number of nitrogens with two attached hydrogens (primary N) is 1. The topological polar surface area (TPSA) is 63.4 Å². The Morgan fingerprint density at radius 2 is 1.88 bits per heavy atom. The van der Waals surface area contributed by atoms with Crippen molar-refractivity contribution in [2.75, 3.05) is 13.6 Å². The van der Waals surface area contributed by atoms with E-state index in [1.165, 1.54) is 4.31 Å². The van der Waals surface area contributed by atoms with Crippen LogP contribution in [0.25, 0.3) is 0 Å². The summed E-state index contributed by atoms with van der Waals surface area (Å²) in [6, 6.07) is 8.34. The maximum Gasteiger partial charge on any atom is 0.243 e. The number of hydrogen-bond donors (Lipinski definition) is 1. The Morgan fingerprint density at radius 1 is 1.31 bits per heavy atom. The minimum Gasteiger partial charge on any atom is -0.330 e. The lowest BCUT2D eigenvalue weighted by Gasteiger charge is -2.23. The third-order valence-electron chi connectivity index (χ3n) is 2.63. The Labute approximate surface area is 97.1 Å². The van der Waals surface area contributed by atoms with Gasteiger partial charge >= 0.3 is 0 Å². The lowest BCUT2D eigenvalue weighted by molar-refractivity contribution is 0.374.